The fourth-order valence-corrected chi connectivity index (χ4v) is 3.95. The predicted molar refractivity (Wildman–Crippen MR) is 128 cm³/mol. The normalized spacial score (nSPS) is 11.2. The first-order chi connectivity index (χ1) is 15.9. The molecule has 0 unspecified atom stereocenters. The zero-order chi connectivity index (χ0) is 23.8. The van der Waals surface area contributed by atoms with Crippen LogP contribution in [0.2, 0.25) is 0 Å². The van der Waals surface area contributed by atoms with Crippen molar-refractivity contribution in [3.05, 3.63) is 63.9 Å². The Morgan fingerprint density at radius 3 is 2.70 bits per heavy atom. The number of rotatable bonds is 10. The van der Waals surface area contributed by atoms with Crippen molar-refractivity contribution >= 4 is 34.2 Å². The number of benzene rings is 1. The van der Waals surface area contributed by atoms with Gasteiger partial charge in [0.15, 0.2) is 5.13 Å². The van der Waals surface area contributed by atoms with Gasteiger partial charge in [0.05, 0.1) is 19.4 Å². The summed E-state index contributed by atoms with van der Waals surface area (Å²) in [6.45, 7) is 5.18. The minimum absolute atomic E-state index is 0.0223. The molecule has 0 aliphatic carbocycles. The summed E-state index contributed by atoms with van der Waals surface area (Å²) in [4.78, 5) is 16.9. The van der Waals surface area contributed by atoms with E-state index >= 15 is 0 Å². The molecule has 9 heteroatoms. The molecule has 0 atom stereocenters. The van der Waals surface area contributed by atoms with Crippen LogP contribution in [0.4, 0.5) is 10.8 Å². The number of carbonyl (C=O) groups is 1. The molecule has 0 aliphatic rings. The van der Waals surface area contributed by atoms with Crippen LogP contribution in [0.5, 0.6) is 5.75 Å². The van der Waals surface area contributed by atoms with Crippen molar-refractivity contribution in [3.63, 3.8) is 0 Å². The molecule has 0 saturated heterocycles. The van der Waals surface area contributed by atoms with Crippen molar-refractivity contribution in [2.75, 3.05) is 26.1 Å². The maximum Gasteiger partial charge on any atom is 0.349 e. The lowest BCUT2D eigenvalue weighted by atomic mass is 10.1. The van der Waals surface area contributed by atoms with Gasteiger partial charge in [0.1, 0.15) is 24.0 Å². The van der Waals surface area contributed by atoms with Crippen LogP contribution >= 0.6 is 11.3 Å². The highest BCUT2D eigenvalue weighted by Gasteiger charge is 2.15. The van der Waals surface area contributed by atoms with Crippen molar-refractivity contribution < 1.29 is 19.0 Å². The number of carbonyl (C=O) groups excluding carboxylic acids is 1. The summed E-state index contributed by atoms with van der Waals surface area (Å²) in [5, 5.41) is 15.2. The average Bonchev–Trinajstić information content (AvgIpc) is 3.38. The standard InChI is InChI=1S/C24H26N4O4S/c1-16-11-18(17(2)28(16)9-10-30-3)12-19(13-25)23(29)32-14-21-15-33-24(27-21)26-20-5-7-22(31-4)8-6-20/h5-8,11-12,15H,9-10,14H2,1-4H3,(H,26,27)/b19-12+. The number of nitrogens with zero attached hydrogens (tertiary/aromatic N) is 3. The predicted octanol–water partition coefficient (Wildman–Crippen LogP) is 4.61. The van der Waals surface area contributed by atoms with Gasteiger partial charge >= 0.3 is 5.97 Å². The van der Waals surface area contributed by atoms with E-state index in [0.29, 0.717) is 24.0 Å². The number of methoxy groups -OCH3 is 2. The van der Waals surface area contributed by atoms with E-state index in [9.17, 15) is 10.1 Å². The van der Waals surface area contributed by atoms with Gasteiger partial charge in [-0.25, -0.2) is 9.78 Å². The quantitative estimate of drug-likeness (QED) is 0.265. The molecular weight excluding hydrogens is 440 g/mol. The van der Waals surface area contributed by atoms with Crippen LogP contribution in [0.1, 0.15) is 22.6 Å². The van der Waals surface area contributed by atoms with Crippen molar-refractivity contribution in [1.29, 1.82) is 5.26 Å². The number of thiazole rings is 1. The monoisotopic (exact) mass is 466 g/mol. The highest BCUT2D eigenvalue weighted by molar-refractivity contribution is 7.13. The maximum absolute atomic E-state index is 12.5. The molecule has 0 radical (unpaired) electrons. The Morgan fingerprint density at radius 1 is 1.27 bits per heavy atom. The minimum atomic E-state index is -0.683. The fourth-order valence-electron chi connectivity index (χ4n) is 3.24. The maximum atomic E-state index is 12.5. The van der Waals surface area contributed by atoms with Crippen LogP contribution in [-0.4, -0.2) is 36.3 Å². The van der Waals surface area contributed by atoms with E-state index in [1.807, 2.05) is 50.2 Å². The third-order valence-corrected chi connectivity index (χ3v) is 5.82. The summed E-state index contributed by atoms with van der Waals surface area (Å²) in [5.41, 5.74) is 4.19. The summed E-state index contributed by atoms with van der Waals surface area (Å²) < 4.78 is 17.7. The first kappa shape index (κ1) is 24.0. The molecule has 2 heterocycles. The minimum Gasteiger partial charge on any atom is -0.497 e. The first-order valence-corrected chi connectivity index (χ1v) is 11.1. The molecule has 2 aromatic heterocycles. The first-order valence-electron chi connectivity index (χ1n) is 10.2. The zero-order valence-electron chi connectivity index (χ0n) is 19.0. The molecule has 172 valence electrons. The lowest BCUT2D eigenvalue weighted by molar-refractivity contribution is -0.139. The van der Waals surface area contributed by atoms with Crippen molar-refractivity contribution in [2.24, 2.45) is 0 Å². The summed E-state index contributed by atoms with van der Waals surface area (Å²) in [6.07, 6.45) is 1.56. The Hall–Kier alpha value is -3.61. The number of hydrogen-bond acceptors (Lipinski definition) is 8. The Labute approximate surface area is 197 Å². The molecule has 0 saturated carbocycles. The van der Waals surface area contributed by atoms with Crippen LogP contribution in [0.15, 0.2) is 41.3 Å². The average molecular weight is 467 g/mol. The smallest absolute Gasteiger partial charge is 0.349 e. The number of anilines is 2. The second-order valence-electron chi connectivity index (χ2n) is 7.21. The van der Waals surface area contributed by atoms with Gasteiger partial charge in [-0.1, -0.05) is 0 Å². The summed E-state index contributed by atoms with van der Waals surface area (Å²) in [7, 11) is 3.27. The second-order valence-corrected chi connectivity index (χ2v) is 8.07. The van der Waals surface area contributed by atoms with E-state index < -0.39 is 5.97 Å². The van der Waals surface area contributed by atoms with Crippen LogP contribution in [0.25, 0.3) is 6.08 Å². The van der Waals surface area contributed by atoms with E-state index in [-0.39, 0.29) is 12.2 Å². The van der Waals surface area contributed by atoms with Crippen LogP contribution in [0.3, 0.4) is 0 Å². The molecule has 1 aromatic carbocycles. The summed E-state index contributed by atoms with van der Waals surface area (Å²) in [6, 6.07) is 11.4. The van der Waals surface area contributed by atoms with E-state index in [0.717, 1.165) is 28.4 Å². The van der Waals surface area contributed by atoms with Crippen molar-refractivity contribution in [1.82, 2.24) is 9.55 Å². The molecule has 33 heavy (non-hydrogen) atoms. The molecule has 0 amide bonds. The SMILES string of the molecule is COCCn1c(C)cc(/C=C(\C#N)C(=O)OCc2csc(Nc3ccc(OC)cc3)n2)c1C. The topological polar surface area (TPSA) is 98.4 Å². The molecule has 0 aliphatic heterocycles. The van der Waals surface area contributed by atoms with Gasteiger partial charge in [-0.3, -0.25) is 0 Å². The van der Waals surface area contributed by atoms with Crippen molar-refractivity contribution in [3.8, 4) is 11.8 Å². The van der Waals surface area contributed by atoms with E-state index in [1.165, 1.54) is 11.3 Å². The largest absolute Gasteiger partial charge is 0.497 e. The van der Waals surface area contributed by atoms with Crippen LogP contribution in [-0.2, 0) is 27.4 Å². The lowest BCUT2D eigenvalue weighted by Gasteiger charge is -2.08. The number of aryl methyl sites for hydroxylation is 1. The van der Waals surface area contributed by atoms with E-state index in [4.69, 9.17) is 14.2 Å². The molecule has 3 rings (SSSR count). The van der Waals surface area contributed by atoms with Crippen LogP contribution in [0, 0.1) is 25.2 Å². The number of nitriles is 1. The summed E-state index contributed by atoms with van der Waals surface area (Å²) >= 11 is 1.40. The van der Waals surface area contributed by atoms with E-state index in [2.05, 4.69) is 14.9 Å². The van der Waals surface area contributed by atoms with E-state index in [1.54, 1.807) is 25.7 Å². The van der Waals surface area contributed by atoms with Gasteiger partial charge in [-0.05, 0) is 55.8 Å². The highest BCUT2D eigenvalue weighted by Crippen LogP contribution is 2.24. The Balaban J connectivity index is 1.62. The molecule has 1 N–H and O–H groups in total. The molecule has 8 nitrogen and oxygen atoms in total. The molecule has 0 spiro atoms. The number of esters is 1. The summed E-state index contributed by atoms with van der Waals surface area (Å²) in [5.74, 6) is 0.0856. The third kappa shape index (κ3) is 6.22. The zero-order valence-corrected chi connectivity index (χ0v) is 19.9. The van der Waals surface area contributed by atoms with Gasteiger partial charge in [0.25, 0.3) is 0 Å². The Kier molecular flexibility index (Phi) is 8.24. The lowest BCUT2D eigenvalue weighted by Crippen LogP contribution is -2.08. The van der Waals surface area contributed by atoms with Crippen LogP contribution < -0.4 is 10.1 Å². The van der Waals surface area contributed by atoms with Gasteiger partial charge < -0.3 is 24.1 Å². The van der Waals surface area contributed by atoms with Gasteiger partial charge in [0, 0.05) is 36.1 Å². The Bertz CT molecular complexity index is 1170. The van der Waals surface area contributed by atoms with Gasteiger partial charge in [0.2, 0.25) is 0 Å². The number of hydrogen-bond donors (Lipinski definition) is 1. The van der Waals surface area contributed by atoms with Gasteiger partial charge in [-0.2, -0.15) is 5.26 Å². The molecule has 3 aromatic rings. The second kappa shape index (κ2) is 11.3. The number of ether oxygens (including phenoxy) is 3. The highest BCUT2D eigenvalue weighted by atomic mass is 32.1. The van der Waals surface area contributed by atoms with Crippen molar-refractivity contribution in [2.45, 2.75) is 27.0 Å². The van der Waals surface area contributed by atoms with Gasteiger partial charge in [-0.15, -0.1) is 11.3 Å². The molecular formula is C24H26N4O4S. The third-order valence-electron chi connectivity index (χ3n) is 5.02. The number of nitrogens with one attached hydrogen (secondary N) is 1. The Morgan fingerprint density at radius 2 is 2.03 bits per heavy atom. The number of aromatic nitrogens is 2. The fraction of sp³-hybridized carbons (Fsp3) is 0.292. The molecule has 0 bridgehead atoms. The molecule has 0 fully saturated rings.